The van der Waals surface area contributed by atoms with Crippen molar-refractivity contribution in [3.63, 3.8) is 0 Å². The molecule has 0 spiro atoms. The number of ether oxygens (including phenoxy) is 1. The van der Waals surface area contributed by atoms with Gasteiger partial charge in [-0.15, -0.1) is 0 Å². The van der Waals surface area contributed by atoms with Crippen LogP contribution < -0.4 is 10.2 Å². The van der Waals surface area contributed by atoms with Crippen molar-refractivity contribution >= 4 is 17.4 Å². The summed E-state index contributed by atoms with van der Waals surface area (Å²) in [5, 5.41) is 3.79. The van der Waals surface area contributed by atoms with E-state index in [-0.39, 0.29) is 0 Å². The van der Waals surface area contributed by atoms with E-state index >= 15 is 0 Å². The van der Waals surface area contributed by atoms with Gasteiger partial charge in [0, 0.05) is 26.2 Å². The first kappa shape index (κ1) is 12.6. The molecule has 94 valence electrons. The molecule has 17 heavy (non-hydrogen) atoms. The van der Waals surface area contributed by atoms with Gasteiger partial charge < -0.3 is 15.0 Å². The van der Waals surface area contributed by atoms with E-state index in [4.69, 9.17) is 16.3 Å². The summed E-state index contributed by atoms with van der Waals surface area (Å²) in [6.07, 6.45) is 1.05. The normalized spacial score (nSPS) is 16.9. The average molecular weight is 256 g/mol. The standard InChI is InChI=1S/C12H18ClN3O/c1-14-9-11-10(13)3-4-12(15-11)16-5-2-7-17-8-6-16/h3-4,14H,2,5-9H2,1H3. The van der Waals surface area contributed by atoms with E-state index in [2.05, 4.69) is 15.2 Å². The predicted molar refractivity (Wildman–Crippen MR) is 69.7 cm³/mol. The fourth-order valence-electron chi connectivity index (χ4n) is 1.92. The van der Waals surface area contributed by atoms with Crippen LogP contribution in [0, 0.1) is 0 Å². The third-order valence-electron chi connectivity index (χ3n) is 2.79. The van der Waals surface area contributed by atoms with Crippen LogP contribution in [0.5, 0.6) is 0 Å². The zero-order valence-electron chi connectivity index (χ0n) is 10.1. The molecule has 4 nitrogen and oxygen atoms in total. The predicted octanol–water partition coefficient (Wildman–Crippen LogP) is 1.68. The highest BCUT2D eigenvalue weighted by molar-refractivity contribution is 6.31. The monoisotopic (exact) mass is 255 g/mol. The molecule has 5 heteroatoms. The van der Waals surface area contributed by atoms with Gasteiger partial charge in [-0.2, -0.15) is 0 Å². The van der Waals surface area contributed by atoms with Gasteiger partial charge in [-0.1, -0.05) is 11.6 Å². The summed E-state index contributed by atoms with van der Waals surface area (Å²) in [6.45, 7) is 4.19. The van der Waals surface area contributed by atoms with E-state index in [0.717, 1.165) is 44.2 Å². The Balaban J connectivity index is 2.16. The van der Waals surface area contributed by atoms with Crippen LogP contribution in [0.15, 0.2) is 12.1 Å². The van der Waals surface area contributed by atoms with E-state index in [0.29, 0.717) is 11.6 Å². The molecule has 2 rings (SSSR count). The Hall–Kier alpha value is -0.840. The molecule has 0 bridgehead atoms. The molecule has 0 atom stereocenters. The van der Waals surface area contributed by atoms with Gasteiger partial charge in [-0.05, 0) is 25.6 Å². The molecule has 0 saturated carbocycles. The Morgan fingerprint density at radius 3 is 3.12 bits per heavy atom. The molecule has 1 aliphatic heterocycles. The van der Waals surface area contributed by atoms with Crippen LogP contribution in [0.4, 0.5) is 5.82 Å². The summed E-state index contributed by atoms with van der Waals surface area (Å²) >= 11 is 6.10. The molecule has 0 aliphatic carbocycles. The number of anilines is 1. The second-order valence-electron chi connectivity index (χ2n) is 4.08. The first-order chi connectivity index (χ1) is 8.31. The van der Waals surface area contributed by atoms with Crippen molar-refractivity contribution in [3.05, 3.63) is 22.8 Å². The average Bonchev–Trinajstić information content (AvgIpc) is 2.61. The fraction of sp³-hybridized carbons (Fsp3) is 0.583. The van der Waals surface area contributed by atoms with Crippen LogP contribution in [0.25, 0.3) is 0 Å². The zero-order valence-corrected chi connectivity index (χ0v) is 10.8. The minimum Gasteiger partial charge on any atom is -0.380 e. The largest absolute Gasteiger partial charge is 0.380 e. The molecule has 0 amide bonds. The van der Waals surface area contributed by atoms with Crippen molar-refractivity contribution in [1.29, 1.82) is 0 Å². The molecule has 1 saturated heterocycles. The van der Waals surface area contributed by atoms with Crippen LogP contribution in [-0.4, -0.2) is 38.3 Å². The van der Waals surface area contributed by atoms with Gasteiger partial charge in [-0.25, -0.2) is 4.98 Å². The topological polar surface area (TPSA) is 37.4 Å². The lowest BCUT2D eigenvalue weighted by atomic mass is 10.3. The number of hydrogen-bond donors (Lipinski definition) is 1. The highest BCUT2D eigenvalue weighted by atomic mass is 35.5. The van der Waals surface area contributed by atoms with E-state index in [1.54, 1.807) is 0 Å². The summed E-state index contributed by atoms with van der Waals surface area (Å²) < 4.78 is 5.44. The van der Waals surface area contributed by atoms with Crippen LogP contribution in [0.1, 0.15) is 12.1 Å². The van der Waals surface area contributed by atoms with Crippen LogP contribution >= 0.6 is 11.6 Å². The van der Waals surface area contributed by atoms with Gasteiger partial charge >= 0.3 is 0 Å². The lowest BCUT2D eigenvalue weighted by Crippen LogP contribution is -2.27. The molecule has 0 aromatic carbocycles. The van der Waals surface area contributed by atoms with E-state index in [9.17, 15) is 0 Å². The first-order valence-electron chi connectivity index (χ1n) is 5.94. The van der Waals surface area contributed by atoms with Crippen molar-refractivity contribution in [2.45, 2.75) is 13.0 Å². The van der Waals surface area contributed by atoms with Crippen LogP contribution in [0.2, 0.25) is 5.02 Å². The maximum absolute atomic E-state index is 6.10. The Morgan fingerprint density at radius 1 is 1.41 bits per heavy atom. The van der Waals surface area contributed by atoms with Gasteiger partial charge in [0.15, 0.2) is 0 Å². The Kier molecular flexibility index (Phi) is 4.59. The lowest BCUT2D eigenvalue weighted by Gasteiger charge is -2.21. The van der Waals surface area contributed by atoms with Crippen molar-refractivity contribution < 1.29 is 4.74 Å². The molecule has 1 aromatic rings. The van der Waals surface area contributed by atoms with Crippen LogP contribution in [0.3, 0.4) is 0 Å². The van der Waals surface area contributed by atoms with Crippen molar-refractivity contribution in [1.82, 2.24) is 10.3 Å². The zero-order chi connectivity index (χ0) is 12.1. The van der Waals surface area contributed by atoms with Gasteiger partial charge in [0.05, 0.1) is 17.3 Å². The maximum atomic E-state index is 6.10. The second-order valence-corrected chi connectivity index (χ2v) is 4.49. The summed E-state index contributed by atoms with van der Waals surface area (Å²) in [6, 6.07) is 3.90. The van der Waals surface area contributed by atoms with Gasteiger partial charge in [0.25, 0.3) is 0 Å². The number of nitrogens with zero attached hydrogens (tertiary/aromatic N) is 2. The smallest absolute Gasteiger partial charge is 0.129 e. The van der Waals surface area contributed by atoms with Gasteiger partial charge in [-0.3, -0.25) is 0 Å². The highest BCUT2D eigenvalue weighted by Crippen LogP contribution is 2.20. The SMILES string of the molecule is CNCc1nc(N2CCCOCC2)ccc1Cl. The Labute approximate surface area is 107 Å². The second kappa shape index (κ2) is 6.19. The fourth-order valence-corrected chi connectivity index (χ4v) is 2.09. The molecule has 1 fully saturated rings. The third kappa shape index (κ3) is 3.31. The van der Waals surface area contributed by atoms with Gasteiger partial charge in [0.2, 0.25) is 0 Å². The van der Waals surface area contributed by atoms with E-state index < -0.39 is 0 Å². The number of aromatic nitrogens is 1. The summed E-state index contributed by atoms with van der Waals surface area (Å²) in [5.74, 6) is 0.991. The number of nitrogens with one attached hydrogen (secondary N) is 1. The molecule has 2 heterocycles. The van der Waals surface area contributed by atoms with Crippen molar-refractivity contribution in [3.8, 4) is 0 Å². The first-order valence-corrected chi connectivity index (χ1v) is 6.32. The Bertz CT molecular complexity index is 365. The van der Waals surface area contributed by atoms with Crippen molar-refractivity contribution in [2.24, 2.45) is 0 Å². The molecule has 0 unspecified atom stereocenters. The van der Waals surface area contributed by atoms with Gasteiger partial charge in [0.1, 0.15) is 5.82 Å². The molecule has 1 aliphatic rings. The lowest BCUT2D eigenvalue weighted by molar-refractivity contribution is 0.152. The molecule has 0 radical (unpaired) electrons. The molecule has 1 N–H and O–H groups in total. The quantitative estimate of drug-likeness (QED) is 0.892. The number of rotatable bonds is 3. The highest BCUT2D eigenvalue weighted by Gasteiger charge is 2.12. The molecular formula is C12H18ClN3O. The molecular weight excluding hydrogens is 238 g/mol. The summed E-state index contributed by atoms with van der Waals surface area (Å²) in [4.78, 5) is 6.86. The minimum atomic E-state index is 0.691. The number of pyridine rings is 1. The van der Waals surface area contributed by atoms with Crippen molar-refractivity contribution in [2.75, 3.05) is 38.3 Å². The van der Waals surface area contributed by atoms with E-state index in [1.165, 1.54) is 0 Å². The summed E-state index contributed by atoms with van der Waals surface area (Å²) in [7, 11) is 1.89. The third-order valence-corrected chi connectivity index (χ3v) is 3.14. The number of halogens is 1. The number of hydrogen-bond acceptors (Lipinski definition) is 4. The molecule has 1 aromatic heterocycles. The minimum absolute atomic E-state index is 0.691. The Morgan fingerprint density at radius 2 is 2.29 bits per heavy atom. The maximum Gasteiger partial charge on any atom is 0.129 e. The van der Waals surface area contributed by atoms with Crippen LogP contribution in [-0.2, 0) is 11.3 Å². The summed E-state index contributed by atoms with van der Waals surface area (Å²) in [5.41, 5.74) is 0.900. The van der Waals surface area contributed by atoms with E-state index in [1.807, 2.05) is 19.2 Å².